The quantitative estimate of drug-likeness (QED) is 0.576. The van der Waals surface area contributed by atoms with Crippen LogP contribution in [0.25, 0.3) is 22.0 Å². The number of rotatable bonds is 6. The highest BCUT2D eigenvalue weighted by Gasteiger charge is 2.30. The average molecular weight is 392 g/mol. The number of aryl methyl sites for hydroxylation is 1. The minimum Gasteiger partial charge on any atom is -0.487 e. The summed E-state index contributed by atoms with van der Waals surface area (Å²) in [6.45, 7) is 3.77. The van der Waals surface area contributed by atoms with Crippen molar-refractivity contribution in [1.82, 2.24) is 9.88 Å². The lowest BCUT2D eigenvalue weighted by molar-refractivity contribution is -0.108. The monoisotopic (exact) mass is 392 g/mol. The third-order valence-corrected chi connectivity index (χ3v) is 5.61. The molecule has 0 unspecified atom stereocenters. The highest BCUT2D eigenvalue weighted by atomic mass is 19.1. The van der Waals surface area contributed by atoms with E-state index in [0.717, 1.165) is 40.4 Å². The average Bonchev–Trinajstić information content (AvgIpc) is 2.75. The van der Waals surface area contributed by atoms with Crippen molar-refractivity contribution in [3.05, 3.63) is 60.3 Å². The predicted molar refractivity (Wildman–Crippen MR) is 113 cm³/mol. The summed E-state index contributed by atoms with van der Waals surface area (Å²) in [4.78, 5) is 17.0. The van der Waals surface area contributed by atoms with Crippen molar-refractivity contribution >= 4 is 17.2 Å². The summed E-state index contributed by atoms with van der Waals surface area (Å²) < 4.78 is 20.4. The normalized spacial score (nSPS) is 19.9. The van der Waals surface area contributed by atoms with Gasteiger partial charge in [-0.2, -0.15) is 0 Å². The molecule has 1 aliphatic heterocycles. The fraction of sp³-hybridized carbons (Fsp3) is 0.333. The molecule has 4 rings (SSSR count). The van der Waals surface area contributed by atoms with Crippen LogP contribution in [0.3, 0.4) is 0 Å². The van der Waals surface area contributed by atoms with Gasteiger partial charge >= 0.3 is 0 Å². The Kier molecular flexibility index (Phi) is 5.86. The van der Waals surface area contributed by atoms with E-state index in [0.29, 0.717) is 31.7 Å². The lowest BCUT2D eigenvalue weighted by Crippen LogP contribution is -2.47. The molecule has 0 amide bonds. The van der Waals surface area contributed by atoms with Crippen LogP contribution >= 0.6 is 0 Å². The molecule has 1 saturated heterocycles. The molecule has 3 aromatic rings. The molecule has 2 aromatic carbocycles. The summed E-state index contributed by atoms with van der Waals surface area (Å²) in [7, 11) is 0. The van der Waals surface area contributed by atoms with E-state index in [2.05, 4.69) is 30.1 Å². The Morgan fingerprint density at radius 2 is 2.03 bits per heavy atom. The second-order valence-electron chi connectivity index (χ2n) is 7.55. The van der Waals surface area contributed by atoms with Crippen molar-refractivity contribution in [2.24, 2.45) is 0 Å². The Morgan fingerprint density at radius 1 is 1.21 bits per heavy atom. The van der Waals surface area contributed by atoms with Crippen molar-refractivity contribution < 1.29 is 13.9 Å². The lowest BCUT2D eigenvalue weighted by Gasteiger charge is -2.34. The van der Waals surface area contributed by atoms with Crippen molar-refractivity contribution in [3.8, 4) is 16.9 Å². The summed E-state index contributed by atoms with van der Waals surface area (Å²) in [5.74, 6) is 0.680. The molecular weight excluding hydrogens is 367 g/mol. The highest BCUT2D eigenvalue weighted by Crippen LogP contribution is 2.30. The second kappa shape index (κ2) is 8.70. The molecule has 0 N–H and O–H groups in total. The van der Waals surface area contributed by atoms with Crippen LogP contribution in [0.4, 0.5) is 4.39 Å². The molecule has 0 bridgehead atoms. The Morgan fingerprint density at radius 3 is 2.79 bits per heavy atom. The van der Waals surface area contributed by atoms with Crippen LogP contribution in [-0.4, -0.2) is 48.1 Å². The van der Waals surface area contributed by atoms with Crippen LogP contribution < -0.4 is 4.74 Å². The standard InChI is InChI=1S/C24H25FN2O2/c1-17-21(10-7-19-4-2-12-26-24(17)19)18-5-8-20(9-6-18)29-23-11-14-27(13-3-15-28)16-22(23)25/h2,4-10,12,15,22-23H,3,11,13-14,16H2,1H3/t22-,23-/m0/s1. The van der Waals surface area contributed by atoms with Gasteiger partial charge in [0.05, 0.1) is 5.52 Å². The zero-order valence-electron chi connectivity index (χ0n) is 16.6. The SMILES string of the molecule is Cc1c(-c2ccc(O[C@H]3CCN(CCC=O)C[C@@H]3F)cc2)ccc2cccnc12. The van der Waals surface area contributed by atoms with Gasteiger partial charge < -0.3 is 9.53 Å². The number of likely N-dealkylation sites (tertiary alicyclic amines) is 1. The van der Waals surface area contributed by atoms with Crippen molar-refractivity contribution in [3.63, 3.8) is 0 Å². The number of hydrogen-bond acceptors (Lipinski definition) is 4. The van der Waals surface area contributed by atoms with Crippen molar-refractivity contribution in [2.45, 2.75) is 32.0 Å². The first-order valence-electron chi connectivity index (χ1n) is 10.1. The number of piperidine rings is 1. The Bertz CT molecular complexity index is 990. The number of carbonyl (C=O) groups excluding carboxylic acids is 1. The fourth-order valence-electron chi connectivity index (χ4n) is 4.01. The molecule has 0 aliphatic carbocycles. The zero-order valence-corrected chi connectivity index (χ0v) is 16.6. The van der Waals surface area contributed by atoms with Crippen LogP contribution in [0, 0.1) is 6.92 Å². The number of alkyl halides is 1. The Hall–Kier alpha value is -2.79. The predicted octanol–water partition coefficient (Wildman–Crippen LogP) is 4.59. The molecule has 0 saturated carbocycles. The molecule has 5 heteroatoms. The van der Waals surface area contributed by atoms with Crippen LogP contribution in [0.1, 0.15) is 18.4 Å². The van der Waals surface area contributed by atoms with E-state index in [1.54, 1.807) is 0 Å². The third kappa shape index (κ3) is 4.30. The van der Waals surface area contributed by atoms with E-state index in [1.165, 1.54) is 0 Å². The summed E-state index contributed by atoms with van der Waals surface area (Å²) in [5, 5.41) is 1.13. The van der Waals surface area contributed by atoms with Gasteiger partial charge in [0.25, 0.3) is 0 Å². The molecule has 1 fully saturated rings. The summed E-state index contributed by atoms with van der Waals surface area (Å²) in [5.41, 5.74) is 4.37. The van der Waals surface area contributed by atoms with Crippen molar-refractivity contribution in [1.29, 1.82) is 0 Å². The van der Waals surface area contributed by atoms with Crippen LogP contribution in [-0.2, 0) is 4.79 Å². The smallest absolute Gasteiger partial charge is 0.149 e. The summed E-state index contributed by atoms with van der Waals surface area (Å²) in [6, 6.07) is 16.0. The van der Waals surface area contributed by atoms with Crippen LogP contribution in [0.5, 0.6) is 5.75 Å². The first-order chi connectivity index (χ1) is 14.2. The Balaban J connectivity index is 1.45. The van der Waals surface area contributed by atoms with Crippen LogP contribution in [0.15, 0.2) is 54.7 Å². The summed E-state index contributed by atoms with van der Waals surface area (Å²) >= 11 is 0. The second-order valence-corrected chi connectivity index (χ2v) is 7.55. The maximum atomic E-state index is 14.5. The number of ether oxygens (including phenoxy) is 1. The highest BCUT2D eigenvalue weighted by molar-refractivity contribution is 5.88. The van der Waals surface area contributed by atoms with E-state index >= 15 is 0 Å². The largest absolute Gasteiger partial charge is 0.487 e. The maximum Gasteiger partial charge on any atom is 0.149 e. The van der Waals surface area contributed by atoms with Gasteiger partial charge in [-0.15, -0.1) is 0 Å². The maximum absolute atomic E-state index is 14.5. The molecule has 4 nitrogen and oxygen atoms in total. The summed E-state index contributed by atoms with van der Waals surface area (Å²) in [6.07, 6.45) is 2.27. The fourth-order valence-corrected chi connectivity index (χ4v) is 4.01. The number of halogens is 1. The topological polar surface area (TPSA) is 42.4 Å². The number of hydrogen-bond donors (Lipinski definition) is 0. The number of aromatic nitrogens is 1. The molecule has 1 aliphatic rings. The van der Waals surface area contributed by atoms with Gasteiger partial charge in [0.15, 0.2) is 0 Å². The molecule has 2 atom stereocenters. The minimum absolute atomic E-state index is 0.319. The van der Waals surface area contributed by atoms with Gasteiger partial charge in [-0.1, -0.05) is 30.3 Å². The van der Waals surface area contributed by atoms with Crippen molar-refractivity contribution in [2.75, 3.05) is 19.6 Å². The molecule has 0 spiro atoms. The van der Waals surface area contributed by atoms with E-state index < -0.39 is 12.3 Å². The molecule has 2 heterocycles. The van der Waals surface area contributed by atoms with Gasteiger partial charge in [-0.25, -0.2) is 4.39 Å². The first-order valence-corrected chi connectivity index (χ1v) is 10.1. The van der Waals surface area contributed by atoms with E-state index in [9.17, 15) is 9.18 Å². The van der Waals surface area contributed by atoms with Gasteiger partial charge in [0.2, 0.25) is 0 Å². The van der Waals surface area contributed by atoms with Gasteiger partial charge in [0, 0.05) is 37.6 Å². The van der Waals surface area contributed by atoms with E-state index in [4.69, 9.17) is 4.74 Å². The number of aldehydes is 1. The first kappa shape index (κ1) is 19.5. The number of fused-ring (bicyclic) bond motifs is 1. The molecular formula is C24H25FN2O2. The Labute approximate surface area is 170 Å². The van der Waals surface area contributed by atoms with E-state index in [1.807, 2.05) is 41.4 Å². The van der Waals surface area contributed by atoms with E-state index in [-0.39, 0.29) is 0 Å². The zero-order chi connectivity index (χ0) is 20.2. The van der Waals surface area contributed by atoms with Crippen LogP contribution in [0.2, 0.25) is 0 Å². The van der Waals surface area contributed by atoms with Gasteiger partial charge in [-0.05, 0) is 48.2 Å². The molecule has 0 radical (unpaired) electrons. The molecule has 29 heavy (non-hydrogen) atoms. The lowest BCUT2D eigenvalue weighted by atomic mass is 9.98. The number of carbonyl (C=O) groups is 1. The molecule has 1 aromatic heterocycles. The van der Waals surface area contributed by atoms with Gasteiger partial charge in [-0.3, -0.25) is 9.88 Å². The number of pyridine rings is 1. The number of benzene rings is 2. The third-order valence-electron chi connectivity index (χ3n) is 5.61. The number of nitrogens with zero attached hydrogens (tertiary/aromatic N) is 2. The molecule has 150 valence electrons. The minimum atomic E-state index is -1.05. The van der Waals surface area contributed by atoms with Gasteiger partial charge in [0.1, 0.15) is 24.3 Å².